The van der Waals surface area contributed by atoms with Gasteiger partial charge in [0.1, 0.15) is 0 Å². The van der Waals surface area contributed by atoms with E-state index in [9.17, 15) is 9.90 Å². The number of ether oxygens (including phenoxy) is 1. The van der Waals surface area contributed by atoms with E-state index in [-0.39, 0.29) is 29.5 Å². The van der Waals surface area contributed by atoms with Crippen LogP contribution in [0.4, 0.5) is 4.79 Å². The van der Waals surface area contributed by atoms with Crippen LogP contribution in [0.25, 0.3) is 0 Å². The third-order valence-electron chi connectivity index (χ3n) is 7.34. The Morgan fingerprint density at radius 2 is 2.00 bits per heavy atom. The van der Waals surface area contributed by atoms with Gasteiger partial charge in [-0.15, -0.1) is 0 Å². The molecule has 1 saturated heterocycles. The van der Waals surface area contributed by atoms with Gasteiger partial charge in [-0.25, -0.2) is 4.79 Å². The second-order valence-corrected chi connectivity index (χ2v) is 8.17. The SMILES string of the molecule is CCC(CC)(CCO)CNC(=O)NC1C2CCOC2C12CCCC2. The predicted octanol–water partition coefficient (Wildman–Crippen LogP) is 2.82. The Morgan fingerprint density at radius 3 is 2.62 bits per heavy atom. The van der Waals surface area contributed by atoms with Gasteiger partial charge in [-0.1, -0.05) is 26.7 Å². The van der Waals surface area contributed by atoms with E-state index in [2.05, 4.69) is 24.5 Å². The van der Waals surface area contributed by atoms with E-state index in [1.54, 1.807) is 0 Å². The first-order valence-electron chi connectivity index (χ1n) is 9.87. The van der Waals surface area contributed by atoms with E-state index >= 15 is 0 Å². The number of hydrogen-bond donors (Lipinski definition) is 3. The smallest absolute Gasteiger partial charge is 0.315 e. The Morgan fingerprint density at radius 1 is 1.29 bits per heavy atom. The number of carbonyl (C=O) groups is 1. The van der Waals surface area contributed by atoms with Gasteiger partial charge < -0.3 is 20.5 Å². The number of hydrogen-bond acceptors (Lipinski definition) is 3. The average Bonchev–Trinajstić information content (AvgIpc) is 3.25. The number of fused-ring (bicyclic) bond motifs is 2. The molecule has 24 heavy (non-hydrogen) atoms. The number of amides is 2. The molecule has 1 spiro atoms. The Balaban J connectivity index is 1.56. The second kappa shape index (κ2) is 7.20. The van der Waals surface area contributed by atoms with E-state index in [0.29, 0.717) is 18.6 Å². The molecule has 2 saturated carbocycles. The van der Waals surface area contributed by atoms with Crippen molar-refractivity contribution in [1.29, 1.82) is 0 Å². The number of rotatable bonds is 7. The van der Waals surface area contributed by atoms with Crippen molar-refractivity contribution in [2.24, 2.45) is 16.7 Å². The van der Waals surface area contributed by atoms with Gasteiger partial charge in [-0.3, -0.25) is 0 Å². The number of nitrogens with one attached hydrogen (secondary N) is 2. The van der Waals surface area contributed by atoms with E-state index in [1.165, 1.54) is 25.7 Å². The lowest BCUT2D eigenvalue weighted by Crippen LogP contribution is -2.69. The lowest BCUT2D eigenvalue weighted by molar-refractivity contribution is -0.126. The van der Waals surface area contributed by atoms with Crippen molar-refractivity contribution in [2.45, 2.75) is 77.4 Å². The fourth-order valence-electron chi connectivity index (χ4n) is 5.54. The summed E-state index contributed by atoms with van der Waals surface area (Å²) in [7, 11) is 0. The molecule has 0 radical (unpaired) electrons. The molecule has 3 rings (SSSR count). The summed E-state index contributed by atoms with van der Waals surface area (Å²) in [6.07, 6.45) is 9.05. The summed E-state index contributed by atoms with van der Waals surface area (Å²) in [5.74, 6) is 0.508. The minimum atomic E-state index is -0.0409. The van der Waals surface area contributed by atoms with E-state index in [1.807, 2.05) is 0 Å². The van der Waals surface area contributed by atoms with Crippen LogP contribution >= 0.6 is 0 Å². The van der Waals surface area contributed by atoms with Crippen molar-refractivity contribution < 1.29 is 14.6 Å². The fourth-order valence-corrected chi connectivity index (χ4v) is 5.54. The van der Waals surface area contributed by atoms with Crippen molar-refractivity contribution in [2.75, 3.05) is 19.8 Å². The van der Waals surface area contributed by atoms with Crippen LogP contribution in [-0.2, 0) is 4.74 Å². The molecule has 5 nitrogen and oxygen atoms in total. The van der Waals surface area contributed by atoms with Crippen molar-refractivity contribution in [3.05, 3.63) is 0 Å². The third kappa shape index (κ3) is 2.94. The van der Waals surface area contributed by atoms with Crippen molar-refractivity contribution in [3.8, 4) is 0 Å². The van der Waals surface area contributed by atoms with Gasteiger partial charge in [0.2, 0.25) is 0 Å². The molecule has 1 aliphatic heterocycles. The molecule has 3 unspecified atom stereocenters. The van der Waals surface area contributed by atoms with Crippen molar-refractivity contribution >= 4 is 6.03 Å². The largest absolute Gasteiger partial charge is 0.396 e. The Hall–Kier alpha value is -0.810. The van der Waals surface area contributed by atoms with Gasteiger partial charge in [0.05, 0.1) is 6.10 Å². The van der Waals surface area contributed by atoms with Crippen LogP contribution in [0.1, 0.15) is 65.2 Å². The molecule has 3 fully saturated rings. The number of aliphatic hydroxyl groups excluding tert-OH is 1. The summed E-state index contributed by atoms with van der Waals surface area (Å²) in [4.78, 5) is 12.5. The Kier molecular flexibility index (Phi) is 5.40. The molecular weight excluding hydrogens is 304 g/mol. The Bertz CT molecular complexity index is 444. The fraction of sp³-hybridized carbons (Fsp3) is 0.947. The van der Waals surface area contributed by atoms with Gasteiger partial charge in [0, 0.05) is 37.1 Å². The van der Waals surface area contributed by atoms with Gasteiger partial charge in [-0.2, -0.15) is 0 Å². The van der Waals surface area contributed by atoms with E-state index in [0.717, 1.165) is 32.3 Å². The topological polar surface area (TPSA) is 70.6 Å². The molecule has 0 aromatic rings. The summed E-state index contributed by atoms with van der Waals surface area (Å²) in [5.41, 5.74) is 0.214. The maximum absolute atomic E-state index is 12.5. The maximum Gasteiger partial charge on any atom is 0.315 e. The molecule has 138 valence electrons. The van der Waals surface area contributed by atoms with Crippen LogP contribution in [0.3, 0.4) is 0 Å². The van der Waals surface area contributed by atoms with E-state index < -0.39 is 0 Å². The summed E-state index contributed by atoms with van der Waals surface area (Å²) in [6, 6.07) is 0.240. The lowest BCUT2D eigenvalue weighted by atomic mass is 9.54. The van der Waals surface area contributed by atoms with Gasteiger partial charge in [0.15, 0.2) is 0 Å². The highest BCUT2D eigenvalue weighted by molar-refractivity contribution is 5.74. The minimum Gasteiger partial charge on any atom is -0.396 e. The standard InChI is InChI=1S/C19H34N2O3/c1-3-18(4-2,10-11-22)13-20-17(23)21-15-14-7-12-24-16(14)19(15)8-5-6-9-19/h14-16,22H,3-13H2,1-2H3,(H2,20,21,23). The average molecular weight is 338 g/mol. The lowest BCUT2D eigenvalue weighted by Gasteiger charge is -2.56. The molecule has 5 heteroatoms. The molecule has 3 atom stereocenters. The molecule has 2 amide bonds. The zero-order valence-corrected chi connectivity index (χ0v) is 15.3. The van der Waals surface area contributed by atoms with E-state index in [4.69, 9.17) is 4.74 Å². The first kappa shape index (κ1) is 18.0. The quantitative estimate of drug-likeness (QED) is 0.668. The number of urea groups is 1. The van der Waals surface area contributed by atoms with Gasteiger partial charge in [-0.05, 0) is 43.9 Å². The molecule has 1 heterocycles. The van der Waals surface area contributed by atoms with Crippen LogP contribution in [0.15, 0.2) is 0 Å². The van der Waals surface area contributed by atoms with Crippen LogP contribution in [0.2, 0.25) is 0 Å². The van der Waals surface area contributed by atoms with Gasteiger partial charge in [0.25, 0.3) is 0 Å². The van der Waals surface area contributed by atoms with Crippen LogP contribution < -0.4 is 10.6 Å². The summed E-state index contributed by atoms with van der Waals surface area (Å²) in [6.45, 7) is 5.94. The Labute approximate surface area is 145 Å². The minimum absolute atomic E-state index is 0.00968. The predicted molar refractivity (Wildman–Crippen MR) is 93.8 cm³/mol. The highest BCUT2D eigenvalue weighted by Crippen LogP contribution is 2.60. The highest BCUT2D eigenvalue weighted by Gasteiger charge is 2.65. The maximum atomic E-state index is 12.5. The van der Waals surface area contributed by atoms with Crippen LogP contribution in [0.5, 0.6) is 0 Å². The summed E-state index contributed by atoms with van der Waals surface area (Å²) >= 11 is 0. The first-order valence-corrected chi connectivity index (χ1v) is 9.87. The summed E-state index contributed by atoms with van der Waals surface area (Å²) in [5, 5.41) is 15.7. The molecule has 2 aliphatic carbocycles. The second-order valence-electron chi connectivity index (χ2n) is 8.17. The molecule has 3 N–H and O–H groups in total. The highest BCUT2D eigenvalue weighted by atomic mass is 16.5. The number of carbonyl (C=O) groups excluding carboxylic acids is 1. The molecule has 3 aliphatic rings. The van der Waals surface area contributed by atoms with Crippen molar-refractivity contribution in [1.82, 2.24) is 10.6 Å². The van der Waals surface area contributed by atoms with Crippen LogP contribution in [0, 0.1) is 16.7 Å². The zero-order chi connectivity index (χ0) is 17.2. The normalized spacial score (nSPS) is 30.9. The molecular formula is C19H34N2O3. The number of aliphatic hydroxyl groups is 1. The third-order valence-corrected chi connectivity index (χ3v) is 7.34. The van der Waals surface area contributed by atoms with Crippen LogP contribution in [-0.4, -0.2) is 43.0 Å². The van der Waals surface area contributed by atoms with Crippen molar-refractivity contribution in [3.63, 3.8) is 0 Å². The molecule has 0 aromatic carbocycles. The zero-order valence-electron chi connectivity index (χ0n) is 15.3. The molecule has 0 bridgehead atoms. The monoisotopic (exact) mass is 338 g/mol. The molecule has 0 aromatic heterocycles. The van der Waals surface area contributed by atoms with Gasteiger partial charge >= 0.3 is 6.03 Å². The summed E-state index contributed by atoms with van der Waals surface area (Å²) < 4.78 is 5.98. The first-order chi connectivity index (χ1) is 11.6.